The Morgan fingerprint density at radius 3 is 2.38 bits per heavy atom. The molecule has 0 aliphatic carbocycles. The molecular weight excluding hydrogens is 471 g/mol. The Hall–Kier alpha value is -3.71. The maximum atomic E-state index is 13.0. The lowest BCUT2D eigenvalue weighted by molar-refractivity contribution is 0.104. The van der Waals surface area contributed by atoms with E-state index in [2.05, 4.69) is 20.6 Å². The fourth-order valence-corrected chi connectivity index (χ4v) is 3.62. The van der Waals surface area contributed by atoms with E-state index >= 15 is 0 Å². The van der Waals surface area contributed by atoms with Crippen LogP contribution in [-0.2, 0) is 6.61 Å². The summed E-state index contributed by atoms with van der Waals surface area (Å²) in [6, 6.07) is 19.4. The molecule has 4 rings (SSSR count). The quantitative estimate of drug-likeness (QED) is 0.189. The van der Waals surface area contributed by atoms with Crippen molar-refractivity contribution in [1.29, 1.82) is 0 Å². The van der Waals surface area contributed by atoms with Crippen LogP contribution in [0.4, 0.5) is 23.0 Å². The number of aromatic nitrogens is 2. The fraction of sp³-hybridized carbons (Fsp3) is 0.0385. The molecule has 0 unspecified atom stereocenters. The van der Waals surface area contributed by atoms with Gasteiger partial charge in [0.25, 0.3) is 0 Å². The van der Waals surface area contributed by atoms with Gasteiger partial charge < -0.3 is 15.7 Å². The maximum absolute atomic E-state index is 13.0. The number of carbonyl (C=O) groups is 1. The van der Waals surface area contributed by atoms with E-state index in [0.29, 0.717) is 38.5 Å². The summed E-state index contributed by atoms with van der Waals surface area (Å²) in [5.74, 6) is 0.762. The molecule has 0 saturated heterocycles. The molecule has 0 atom stereocenters. The topological polar surface area (TPSA) is 87.1 Å². The number of ketones is 1. The Labute approximate surface area is 206 Å². The number of halogens is 2. The lowest BCUT2D eigenvalue weighted by atomic mass is 10.1. The van der Waals surface area contributed by atoms with Crippen LogP contribution in [0, 0.1) is 0 Å². The minimum Gasteiger partial charge on any atom is -0.392 e. The van der Waals surface area contributed by atoms with Crippen LogP contribution in [0.1, 0.15) is 21.5 Å². The van der Waals surface area contributed by atoms with Crippen LogP contribution in [0.3, 0.4) is 0 Å². The Kier molecular flexibility index (Phi) is 7.54. The highest BCUT2D eigenvalue weighted by Gasteiger charge is 2.11. The summed E-state index contributed by atoms with van der Waals surface area (Å²) in [4.78, 5) is 21.7. The molecule has 2 aromatic carbocycles. The number of aliphatic hydroxyl groups excluding tert-OH is 1. The first-order chi connectivity index (χ1) is 16.5. The van der Waals surface area contributed by atoms with E-state index in [-0.39, 0.29) is 12.4 Å². The van der Waals surface area contributed by atoms with E-state index in [9.17, 15) is 9.90 Å². The highest BCUT2D eigenvalue weighted by Crippen LogP contribution is 2.29. The molecule has 0 amide bonds. The first kappa shape index (κ1) is 23.4. The molecule has 4 aromatic rings. The molecule has 8 heteroatoms. The lowest BCUT2D eigenvalue weighted by Crippen LogP contribution is -2.03. The Morgan fingerprint density at radius 1 is 0.912 bits per heavy atom. The summed E-state index contributed by atoms with van der Waals surface area (Å²) in [6.45, 7) is -0.0339. The minimum atomic E-state index is -0.220. The average Bonchev–Trinajstić information content (AvgIpc) is 2.86. The zero-order chi connectivity index (χ0) is 23.9. The second kappa shape index (κ2) is 10.9. The fourth-order valence-electron chi connectivity index (χ4n) is 3.16. The first-order valence-electron chi connectivity index (χ1n) is 10.3. The van der Waals surface area contributed by atoms with Crippen molar-refractivity contribution in [2.24, 2.45) is 0 Å². The van der Waals surface area contributed by atoms with Crippen molar-refractivity contribution in [3.8, 4) is 0 Å². The molecule has 0 fully saturated rings. The van der Waals surface area contributed by atoms with Crippen molar-refractivity contribution in [3.05, 3.63) is 112 Å². The van der Waals surface area contributed by atoms with Gasteiger partial charge in [0.05, 0.1) is 22.9 Å². The van der Waals surface area contributed by atoms with Crippen molar-refractivity contribution in [2.75, 3.05) is 10.6 Å². The zero-order valence-corrected chi connectivity index (χ0v) is 19.4. The summed E-state index contributed by atoms with van der Waals surface area (Å²) in [6.07, 6.45) is 6.43. The molecule has 0 aliphatic rings. The number of allylic oxidation sites excluding steroid dienone is 1. The average molecular weight is 491 g/mol. The van der Waals surface area contributed by atoms with E-state index in [4.69, 9.17) is 23.2 Å². The number of nitrogens with zero attached hydrogens (tertiary/aromatic N) is 2. The summed E-state index contributed by atoms with van der Waals surface area (Å²) >= 11 is 12.2. The van der Waals surface area contributed by atoms with Gasteiger partial charge in [-0.2, -0.15) is 0 Å². The van der Waals surface area contributed by atoms with Gasteiger partial charge in [0, 0.05) is 28.7 Å². The van der Waals surface area contributed by atoms with Crippen molar-refractivity contribution < 1.29 is 9.90 Å². The second-order valence-electron chi connectivity index (χ2n) is 7.27. The van der Waals surface area contributed by atoms with Crippen LogP contribution in [0.5, 0.6) is 0 Å². The van der Waals surface area contributed by atoms with E-state index in [1.54, 1.807) is 67.0 Å². The van der Waals surface area contributed by atoms with Crippen LogP contribution in [0.25, 0.3) is 6.08 Å². The molecule has 0 aliphatic heterocycles. The molecule has 3 N–H and O–H groups in total. The highest BCUT2D eigenvalue weighted by molar-refractivity contribution is 6.36. The van der Waals surface area contributed by atoms with Crippen molar-refractivity contribution in [1.82, 2.24) is 9.97 Å². The van der Waals surface area contributed by atoms with Crippen LogP contribution in [0.15, 0.2) is 85.2 Å². The van der Waals surface area contributed by atoms with Crippen molar-refractivity contribution in [2.45, 2.75) is 6.61 Å². The molecule has 0 radical (unpaired) electrons. The predicted molar refractivity (Wildman–Crippen MR) is 137 cm³/mol. The van der Waals surface area contributed by atoms with Crippen LogP contribution in [-0.4, -0.2) is 20.9 Å². The number of hydrogen-bond acceptors (Lipinski definition) is 6. The number of pyridine rings is 2. The molecule has 0 saturated carbocycles. The van der Waals surface area contributed by atoms with Crippen LogP contribution < -0.4 is 10.6 Å². The number of nitrogens with one attached hydrogen (secondary N) is 2. The van der Waals surface area contributed by atoms with Crippen LogP contribution >= 0.6 is 23.2 Å². The van der Waals surface area contributed by atoms with E-state index < -0.39 is 0 Å². The van der Waals surface area contributed by atoms with Gasteiger partial charge in [0.2, 0.25) is 0 Å². The summed E-state index contributed by atoms with van der Waals surface area (Å²) in [5.41, 5.74) is 3.33. The van der Waals surface area contributed by atoms with E-state index in [0.717, 1.165) is 11.3 Å². The predicted octanol–water partition coefficient (Wildman–Crippen LogP) is 6.66. The normalized spacial score (nSPS) is 10.9. The summed E-state index contributed by atoms with van der Waals surface area (Å²) in [5, 5.41) is 16.5. The molecule has 2 aromatic heterocycles. The van der Waals surface area contributed by atoms with E-state index in [1.165, 1.54) is 6.08 Å². The third-order valence-electron chi connectivity index (χ3n) is 4.91. The Balaban J connectivity index is 1.54. The zero-order valence-electron chi connectivity index (χ0n) is 17.9. The third kappa shape index (κ3) is 5.80. The summed E-state index contributed by atoms with van der Waals surface area (Å²) < 4.78 is 0. The third-order valence-corrected chi connectivity index (χ3v) is 5.46. The molecule has 0 spiro atoms. The maximum Gasteiger partial charge on any atom is 0.189 e. The second-order valence-corrected chi connectivity index (χ2v) is 8.11. The van der Waals surface area contributed by atoms with Crippen molar-refractivity contribution in [3.63, 3.8) is 0 Å². The molecule has 0 bridgehead atoms. The number of carbonyl (C=O) groups excluding carboxylic acids is 1. The highest BCUT2D eigenvalue weighted by atomic mass is 35.5. The first-order valence-corrected chi connectivity index (χ1v) is 11.1. The monoisotopic (exact) mass is 490 g/mol. The number of hydrogen-bond donors (Lipinski definition) is 3. The standard InChI is InChI=1S/C26H20Cl2N4O2/c27-19-8-11-23(22(28)15-19)32-25-18(3-1-13-29-25)7-12-24(34)21-4-2-14-30-26(21)31-20-9-5-17(16-33)6-10-20/h1-15,33H,16H2,(H,29,32)(H,30,31)/b12-7+. The number of benzene rings is 2. The van der Waals surface area contributed by atoms with Gasteiger partial charge in [-0.1, -0.05) is 35.3 Å². The molecule has 2 heterocycles. The van der Waals surface area contributed by atoms with Gasteiger partial charge in [-0.25, -0.2) is 9.97 Å². The SMILES string of the molecule is O=C(/C=C/c1cccnc1Nc1ccc(Cl)cc1Cl)c1cccnc1Nc1ccc(CO)cc1. The summed E-state index contributed by atoms with van der Waals surface area (Å²) in [7, 11) is 0. The van der Waals surface area contributed by atoms with E-state index in [1.807, 2.05) is 18.2 Å². The van der Waals surface area contributed by atoms with Gasteiger partial charge in [-0.15, -0.1) is 0 Å². The molecule has 6 nitrogen and oxygen atoms in total. The Bertz CT molecular complexity index is 1340. The van der Waals surface area contributed by atoms with Gasteiger partial charge in [-0.05, 0) is 72.3 Å². The molecule has 34 heavy (non-hydrogen) atoms. The smallest absolute Gasteiger partial charge is 0.189 e. The number of rotatable bonds is 8. The Morgan fingerprint density at radius 2 is 1.65 bits per heavy atom. The van der Waals surface area contributed by atoms with Gasteiger partial charge in [-0.3, -0.25) is 4.79 Å². The van der Waals surface area contributed by atoms with Crippen LogP contribution in [0.2, 0.25) is 10.0 Å². The number of aliphatic hydroxyl groups is 1. The van der Waals surface area contributed by atoms with Gasteiger partial charge in [0.15, 0.2) is 5.78 Å². The molecular formula is C26H20Cl2N4O2. The minimum absolute atomic E-state index is 0.0339. The van der Waals surface area contributed by atoms with Crippen molar-refractivity contribution >= 4 is 58.1 Å². The lowest BCUT2D eigenvalue weighted by Gasteiger charge is -2.11. The van der Waals surface area contributed by atoms with Gasteiger partial charge >= 0.3 is 0 Å². The van der Waals surface area contributed by atoms with Gasteiger partial charge in [0.1, 0.15) is 11.6 Å². The molecule has 170 valence electrons. The number of anilines is 4. The largest absolute Gasteiger partial charge is 0.392 e.